The van der Waals surface area contributed by atoms with Crippen molar-refractivity contribution in [3.63, 3.8) is 0 Å². The van der Waals surface area contributed by atoms with Crippen molar-refractivity contribution in [1.29, 1.82) is 0 Å². The van der Waals surface area contributed by atoms with Gasteiger partial charge in [-0.25, -0.2) is 0 Å². The van der Waals surface area contributed by atoms with Crippen LogP contribution in [-0.4, -0.2) is 0 Å². The van der Waals surface area contributed by atoms with Crippen molar-refractivity contribution < 1.29 is 32.5 Å². The second-order valence-corrected chi connectivity index (χ2v) is 4.93. The second kappa shape index (κ2) is 17.4. The summed E-state index contributed by atoms with van der Waals surface area (Å²) in [7, 11) is 0. The maximum atomic E-state index is 2.32. The first-order chi connectivity index (χ1) is 8.00. The first kappa shape index (κ1) is 20.7. The molecule has 18 heavy (non-hydrogen) atoms. The Morgan fingerprint density at radius 2 is 0.611 bits per heavy atom. The summed E-state index contributed by atoms with van der Waals surface area (Å²) in [5, 5.41) is 0. The van der Waals surface area contributed by atoms with Gasteiger partial charge in [0.1, 0.15) is 0 Å². The Kier molecular flexibility index (Phi) is 20.1. The smallest absolute Gasteiger partial charge is 0 e. The normalized spacial score (nSPS) is 19.6. The van der Waals surface area contributed by atoms with Crippen LogP contribution in [0.4, 0.5) is 0 Å². The zero-order chi connectivity index (χ0) is 11.3. The summed E-state index contributed by atoms with van der Waals surface area (Å²) < 4.78 is 0. The summed E-state index contributed by atoms with van der Waals surface area (Å²) in [6.07, 6.45) is 26.0. The van der Waals surface area contributed by atoms with Gasteiger partial charge in [-0.15, -0.1) is 0 Å². The van der Waals surface area contributed by atoms with Crippen molar-refractivity contribution in [1.82, 2.24) is 0 Å². The second-order valence-electron chi connectivity index (χ2n) is 4.93. The van der Waals surface area contributed by atoms with Crippen LogP contribution in [0.2, 0.25) is 0 Å². The predicted molar refractivity (Wildman–Crippen MR) is 73.7 cm³/mol. The zero-order valence-electron chi connectivity index (χ0n) is 11.5. The van der Waals surface area contributed by atoms with E-state index >= 15 is 0 Å². The first-order valence-corrected chi connectivity index (χ1v) is 7.30. The van der Waals surface area contributed by atoms with Crippen molar-refractivity contribution in [3.8, 4) is 0 Å². The van der Waals surface area contributed by atoms with Crippen LogP contribution in [0.1, 0.15) is 77.0 Å². The number of hydrogen-bond donors (Lipinski definition) is 0. The van der Waals surface area contributed by atoms with Crippen LogP contribution in [0.15, 0.2) is 24.3 Å². The molecule has 0 saturated heterocycles. The number of allylic oxidation sites excluding steroid dienone is 4. The van der Waals surface area contributed by atoms with Crippen LogP contribution >= 0.6 is 0 Å². The van der Waals surface area contributed by atoms with E-state index in [4.69, 9.17) is 0 Å². The monoisotopic (exact) mass is 448 g/mol. The van der Waals surface area contributed by atoms with Crippen LogP contribution in [0.3, 0.4) is 0 Å². The molecule has 0 heterocycles. The minimum atomic E-state index is 0. The van der Waals surface area contributed by atoms with Crippen molar-refractivity contribution >= 4 is 0 Å². The van der Waals surface area contributed by atoms with E-state index < -0.39 is 0 Å². The number of hydrogen-bond acceptors (Lipinski definition) is 0. The third-order valence-corrected chi connectivity index (χ3v) is 3.32. The molecule has 0 aliphatic heterocycles. The minimum absolute atomic E-state index is 0. The molecule has 0 N–H and O–H groups in total. The van der Waals surface area contributed by atoms with E-state index in [1.807, 2.05) is 0 Å². The van der Waals surface area contributed by atoms with Gasteiger partial charge in [-0.1, -0.05) is 50.0 Å². The molecule has 2 aliphatic rings. The molecule has 2 rings (SSSR count). The molecule has 0 spiro atoms. The average molecular weight is 448 g/mol. The SMILES string of the molecule is C1=CCCCCCC1.C1=CCCCCCC1.[Cl-].[Ir]. The van der Waals surface area contributed by atoms with Crippen LogP contribution in [0, 0.1) is 0 Å². The third kappa shape index (κ3) is 14.5. The Balaban J connectivity index is 0. The van der Waals surface area contributed by atoms with Gasteiger partial charge >= 0.3 is 0 Å². The molecule has 0 saturated carbocycles. The molecule has 0 fully saturated rings. The largest absolute Gasteiger partial charge is 1.00 e. The molecular weight excluding hydrogens is 420 g/mol. The molecule has 0 atom stereocenters. The van der Waals surface area contributed by atoms with Crippen molar-refractivity contribution in [2.24, 2.45) is 0 Å². The van der Waals surface area contributed by atoms with Crippen molar-refractivity contribution in [2.45, 2.75) is 77.0 Å². The van der Waals surface area contributed by atoms with E-state index in [0.717, 1.165) is 0 Å². The Morgan fingerprint density at radius 1 is 0.389 bits per heavy atom. The van der Waals surface area contributed by atoms with Gasteiger partial charge in [0, 0.05) is 20.1 Å². The van der Waals surface area contributed by atoms with Gasteiger partial charge in [-0.2, -0.15) is 0 Å². The van der Waals surface area contributed by atoms with Crippen molar-refractivity contribution in [2.75, 3.05) is 0 Å². The maximum absolute atomic E-state index is 2.32. The van der Waals surface area contributed by atoms with Crippen LogP contribution in [0.25, 0.3) is 0 Å². The van der Waals surface area contributed by atoms with Gasteiger partial charge in [-0.3, -0.25) is 0 Å². The van der Waals surface area contributed by atoms with E-state index in [0.29, 0.717) is 0 Å². The van der Waals surface area contributed by atoms with Gasteiger partial charge in [0.15, 0.2) is 0 Å². The Hall–Kier alpha value is 0.419. The standard InChI is InChI=1S/2C8H14.ClH.Ir/c2*1-2-4-6-8-7-5-3-1;;/h2*1-2H,3-8H2;1H;/p-1. The third-order valence-electron chi connectivity index (χ3n) is 3.32. The molecule has 109 valence electrons. The maximum Gasteiger partial charge on any atom is 0 e. The molecule has 0 nitrogen and oxygen atoms in total. The molecule has 0 bridgehead atoms. The summed E-state index contributed by atoms with van der Waals surface area (Å²) >= 11 is 0. The minimum Gasteiger partial charge on any atom is -1.00 e. The molecule has 2 aliphatic carbocycles. The van der Waals surface area contributed by atoms with Gasteiger partial charge < -0.3 is 12.4 Å². The Morgan fingerprint density at radius 3 is 0.833 bits per heavy atom. The van der Waals surface area contributed by atoms with Gasteiger partial charge in [0.2, 0.25) is 0 Å². The molecule has 1 radical (unpaired) electrons. The predicted octanol–water partition coefficient (Wildman–Crippen LogP) is 2.80. The van der Waals surface area contributed by atoms with Crippen LogP contribution in [-0.2, 0) is 20.1 Å². The average Bonchev–Trinajstić information content (AvgIpc) is 2.15. The van der Waals surface area contributed by atoms with E-state index in [1.54, 1.807) is 0 Å². The van der Waals surface area contributed by atoms with E-state index in [9.17, 15) is 0 Å². The fourth-order valence-corrected chi connectivity index (χ4v) is 2.23. The van der Waals surface area contributed by atoms with Gasteiger partial charge in [0.25, 0.3) is 0 Å². The molecule has 0 aromatic carbocycles. The van der Waals surface area contributed by atoms with Gasteiger partial charge in [0.05, 0.1) is 0 Å². The Bertz CT molecular complexity index is 157. The fraction of sp³-hybridized carbons (Fsp3) is 0.750. The summed E-state index contributed by atoms with van der Waals surface area (Å²) in [5.74, 6) is 0. The molecule has 0 aromatic heterocycles. The topological polar surface area (TPSA) is 0 Å². The fourth-order valence-electron chi connectivity index (χ4n) is 2.23. The molecule has 0 unspecified atom stereocenters. The number of rotatable bonds is 0. The summed E-state index contributed by atoms with van der Waals surface area (Å²) in [6, 6.07) is 0. The van der Waals surface area contributed by atoms with Crippen LogP contribution in [0.5, 0.6) is 0 Å². The summed E-state index contributed by atoms with van der Waals surface area (Å²) in [5.41, 5.74) is 0. The molecule has 0 amide bonds. The summed E-state index contributed by atoms with van der Waals surface area (Å²) in [6.45, 7) is 0. The molecule has 0 aromatic rings. The zero-order valence-corrected chi connectivity index (χ0v) is 14.7. The summed E-state index contributed by atoms with van der Waals surface area (Å²) in [4.78, 5) is 0. The van der Waals surface area contributed by atoms with Crippen molar-refractivity contribution in [3.05, 3.63) is 24.3 Å². The van der Waals surface area contributed by atoms with E-state index in [2.05, 4.69) is 24.3 Å². The first-order valence-electron chi connectivity index (χ1n) is 7.30. The number of halogens is 1. The van der Waals surface area contributed by atoms with Crippen LogP contribution < -0.4 is 12.4 Å². The quantitative estimate of drug-likeness (QED) is 0.501. The molecule has 2 heteroatoms. The van der Waals surface area contributed by atoms with E-state index in [-0.39, 0.29) is 32.5 Å². The van der Waals surface area contributed by atoms with E-state index in [1.165, 1.54) is 77.0 Å². The Labute approximate surface area is 133 Å². The van der Waals surface area contributed by atoms with Gasteiger partial charge in [-0.05, 0) is 51.4 Å². The molecular formula is C16H28ClIr-.